The highest BCUT2D eigenvalue weighted by Gasteiger charge is 2.18. The van der Waals surface area contributed by atoms with E-state index in [4.69, 9.17) is 4.52 Å². The zero-order chi connectivity index (χ0) is 17.6. The molecule has 128 valence electrons. The Morgan fingerprint density at radius 3 is 2.52 bits per heavy atom. The molecule has 0 spiro atoms. The molecule has 6 heteroatoms. The third kappa shape index (κ3) is 4.30. The fourth-order valence-corrected chi connectivity index (χ4v) is 2.49. The second-order valence-corrected chi connectivity index (χ2v) is 5.85. The third-order valence-electron chi connectivity index (χ3n) is 3.99. The van der Waals surface area contributed by atoms with Crippen molar-refractivity contribution in [2.75, 3.05) is 0 Å². The molecule has 0 saturated heterocycles. The van der Waals surface area contributed by atoms with Crippen molar-refractivity contribution in [1.29, 1.82) is 0 Å². The molecule has 2 unspecified atom stereocenters. The number of benzene rings is 2. The number of aromatic nitrogens is 2. The highest BCUT2D eigenvalue weighted by Crippen LogP contribution is 2.15. The first-order valence-electron chi connectivity index (χ1n) is 8.03. The summed E-state index contributed by atoms with van der Waals surface area (Å²) in [6, 6.07) is 16.2. The summed E-state index contributed by atoms with van der Waals surface area (Å²) in [4.78, 5) is 16.3. The predicted molar refractivity (Wildman–Crippen MR) is 92.8 cm³/mol. The number of hydrogen-bond donors (Lipinski definition) is 2. The number of aliphatic hydroxyl groups excluding tert-OH is 1. The van der Waals surface area contributed by atoms with Crippen LogP contribution in [-0.4, -0.2) is 33.3 Å². The Morgan fingerprint density at radius 1 is 1.16 bits per heavy atom. The molecule has 6 nitrogen and oxygen atoms in total. The molecule has 0 bridgehead atoms. The number of nitrogens with zero attached hydrogens (tertiary/aromatic N) is 2. The minimum Gasteiger partial charge on any atom is -0.391 e. The van der Waals surface area contributed by atoms with Crippen molar-refractivity contribution in [3.63, 3.8) is 0 Å². The van der Waals surface area contributed by atoms with Gasteiger partial charge in [-0.2, -0.15) is 4.98 Å². The molecular formula is C19H19N3O3. The molecule has 2 N–H and O–H groups in total. The molecule has 0 aliphatic rings. The van der Waals surface area contributed by atoms with Crippen LogP contribution in [0.4, 0.5) is 0 Å². The van der Waals surface area contributed by atoms with E-state index in [1.807, 2.05) is 30.3 Å². The lowest BCUT2D eigenvalue weighted by Gasteiger charge is -2.20. The van der Waals surface area contributed by atoms with Gasteiger partial charge in [0.1, 0.15) is 0 Å². The lowest BCUT2D eigenvalue weighted by Crippen LogP contribution is -2.42. The molecule has 2 atom stereocenters. The average molecular weight is 337 g/mol. The van der Waals surface area contributed by atoms with E-state index in [0.717, 1.165) is 11.1 Å². The van der Waals surface area contributed by atoms with Crippen LogP contribution in [0, 0.1) is 0 Å². The largest absolute Gasteiger partial charge is 0.391 e. The molecule has 3 aromatic rings. The number of carbonyl (C=O) groups is 1. The van der Waals surface area contributed by atoms with Gasteiger partial charge in [-0.05, 0) is 24.6 Å². The molecule has 0 radical (unpaired) electrons. The smallest absolute Gasteiger partial charge is 0.251 e. The van der Waals surface area contributed by atoms with Crippen LogP contribution in [0.15, 0.2) is 65.5 Å². The molecule has 0 aliphatic heterocycles. The minimum absolute atomic E-state index is 0.237. The van der Waals surface area contributed by atoms with Crippen molar-refractivity contribution in [2.45, 2.75) is 25.5 Å². The Bertz CT molecular complexity index is 802. The molecule has 2 aromatic carbocycles. The number of rotatable bonds is 6. The summed E-state index contributed by atoms with van der Waals surface area (Å²) in [6.45, 7) is 1.79. The highest BCUT2D eigenvalue weighted by atomic mass is 16.5. The fraction of sp³-hybridized carbons (Fsp3) is 0.211. The summed E-state index contributed by atoms with van der Waals surface area (Å²) in [5.41, 5.74) is 2.30. The van der Waals surface area contributed by atoms with Crippen LogP contribution in [0.1, 0.15) is 22.8 Å². The SMILES string of the molecule is CC(NC(=O)c1ccc(-c2ncon2)cc1)C(O)Cc1ccccc1. The van der Waals surface area contributed by atoms with Gasteiger partial charge in [0.2, 0.25) is 12.2 Å². The van der Waals surface area contributed by atoms with Crippen LogP contribution >= 0.6 is 0 Å². The Morgan fingerprint density at radius 2 is 1.88 bits per heavy atom. The molecule has 0 saturated carbocycles. The molecule has 1 amide bonds. The lowest BCUT2D eigenvalue weighted by atomic mass is 10.0. The summed E-state index contributed by atoms with van der Waals surface area (Å²) in [6.07, 6.45) is 1.08. The monoisotopic (exact) mass is 337 g/mol. The van der Waals surface area contributed by atoms with Crippen LogP contribution in [0.3, 0.4) is 0 Å². The summed E-state index contributed by atoms with van der Waals surface area (Å²) in [7, 11) is 0. The maximum Gasteiger partial charge on any atom is 0.251 e. The fourth-order valence-electron chi connectivity index (χ4n) is 2.49. The summed E-state index contributed by atoms with van der Waals surface area (Å²) in [5.74, 6) is 0.234. The van der Waals surface area contributed by atoms with Crippen molar-refractivity contribution < 1.29 is 14.4 Å². The van der Waals surface area contributed by atoms with Crippen molar-refractivity contribution >= 4 is 5.91 Å². The van der Waals surface area contributed by atoms with Crippen molar-refractivity contribution in [1.82, 2.24) is 15.5 Å². The van der Waals surface area contributed by atoms with Gasteiger partial charge >= 0.3 is 0 Å². The van der Waals surface area contributed by atoms with Gasteiger partial charge < -0.3 is 14.9 Å². The molecule has 0 aliphatic carbocycles. The van der Waals surface area contributed by atoms with E-state index in [9.17, 15) is 9.90 Å². The van der Waals surface area contributed by atoms with Crippen molar-refractivity contribution in [3.8, 4) is 11.4 Å². The molecule has 1 heterocycles. The van der Waals surface area contributed by atoms with Gasteiger partial charge in [-0.25, -0.2) is 0 Å². The molecule has 1 aromatic heterocycles. The first kappa shape index (κ1) is 16.9. The second-order valence-electron chi connectivity index (χ2n) is 5.85. The number of hydrogen-bond acceptors (Lipinski definition) is 5. The van der Waals surface area contributed by atoms with Crippen LogP contribution in [0.25, 0.3) is 11.4 Å². The standard InChI is InChI=1S/C19H19N3O3/c1-13(17(23)11-14-5-3-2-4-6-14)21-19(24)16-9-7-15(8-10-16)18-20-12-25-22-18/h2-10,12-13,17,23H,11H2,1H3,(H,21,24). The van der Waals surface area contributed by atoms with Crippen molar-refractivity contribution in [3.05, 3.63) is 72.1 Å². The number of carbonyl (C=O) groups excluding carboxylic acids is 1. The number of aliphatic hydroxyl groups is 1. The van der Waals surface area contributed by atoms with Gasteiger partial charge in [-0.15, -0.1) is 0 Å². The summed E-state index contributed by atoms with van der Waals surface area (Å²) >= 11 is 0. The average Bonchev–Trinajstić information content (AvgIpc) is 3.17. The Hall–Kier alpha value is -2.99. The lowest BCUT2D eigenvalue weighted by molar-refractivity contribution is 0.0852. The van der Waals surface area contributed by atoms with Gasteiger partial charge in [-0.1, -0.05) is 47.6 Å². The Balaban J connectivity index is 1.59. The molecule has 25 heavy (non-hydrogen) atoms. The topological polar surface area (TPSA) is 88.3 Å². The summed E-state index contributed by atoms with van der Waals surface area (Å²) < 4.78 is 4.71. The van der Waals surface area contributed by atoms with Crippen LogP contribution < -0.4 is 5.32 Å². The van der Waals surface area contributed by atoms with E-state index in [-0.39, 0.29) is 11.9 Å². The third-order valence-corrected chi connectivity index (χ3v) is 3.99. The number of nitrogens with one attached hydrogen (secondary N) is 1. The first-order chi connectivity index (χ1) is 12.1. The van der Waals surface area contributed by atoms with Crippen LogP contribution in [-0.2, 0) is 6.42 Å². The Labute approximate surface area is 145 Å². The number of amides is 1. The van der Waals surface area contributed by atoms with E-state index < -0.39 is 6.10 Å². The zero-order valence-electron chi connectivity index (χ0n) is 13.8. The van der Waals surface area contributed by atoms with Crippen LogP contribution in [0.5, 0.6) is 0 Å². The highest BCUT2D eigenvalue weighted by molar-refractivity contribution is 5.94. The zero-order valence-corrected chi connectivity index (χ0v) is 13.8. The Kier molecular flexibility index (Phi) is 5.20. The van der Waals surface area contributed by atoms with Gasteiger partial charge in [0.25, 0.3) is 5.91 Å². The minimum atomic E-state index is -0.662. The van der Waals surface area contributed by atoms with E-state index in [1.165, 1.54) is 6.39 Å². The maximum absolute atomic E-state index is 12.3. The van der Waals surface area contributed by atoms with E-state index >= 15 is 0 Å². The van der Waals surface area contributed by atoms with Gasteiger partial charge in [0, 0.05) is 17.5 Å². The molecule has 3 rings (SSSR count). The first-order valence-corrected chi connectivity index (χ1v) is 8.03. The quantitative estimate of drug-likeness (QED) is 0.721. The maximum atomic E-state index is 12.3. The molecular weight excluding hydrogens is 318 g/mol. The van der Waals surface area contributed by atoms with E-state index in [2.05, 4.69) is 15.5 Å². The molecule has 0 fully saturated rings. The van der Waals surface area contributed by atoms with Gasteiger partial charge in [0.15, 0.2) is 0 Å². The predicted octanol–water partition coefficient (Wildman–Crippen LogP) is 2.46. The van der Waals surface area contributed by atoms with Gasteiger partial charge in [0.05, 0.1) is 12.1 Å². The van der Waals surface area contributed by atoms with Crippen LogP contribution in [0.2, 0.25) is 0 Å². The van der Waals surface area contributed by atoms with E-state index in [1.54, 1.807) is 31.2 Å². The van der Waals surface area contributed by atoms with E-state index in [0.29, 0.717) is 17.8 Å². The second kappa shape index (κ2) is 7.72. The summed E-state index contributed by atoms with van der Waals surface area (Å²) in [5, 5.41) is 16.9. The normalized spacial score (nSPS) is 13.2. The van der Waals surface area contributed by atoms with Crippen molar-refractivity contribution in [2.24, 2.45) is 0 Å². The van der Waals surface area contributed by atoms with Gasteiger partial charge in [-0.3, -0.25) is 4.79 Å².